The van der Waals surface area contributed by atoms with Crippen LogP contribution in [0.5, 0.6) is 11.5 Å². The minimum absolute atomic E-state index is 0.00784. The van der Waals surface area contributed by atoms with Crippen molar-refractivity contribution in [2.24, 2.45) is 11.1 Å². The molecule has 3 N–H and O–H groups in total. The maximum atomic E-state index is 12.8. The molecular formula is C25H25F3N4O4. The summed E-state index contributed by atoms with van der Waals surface area (Å²) in [5.74, 6) is -0.0414. The van der Waals surface area contributed by atoms with Crippen LogP contribution in [0.15, 0.2) is 48.8 Å². The third kappa shape index (κ3) is 4.95. The molecular weight excluding hydrogens is 477 g/mol. The number of halogens is 3. The number of carbonyl (C=O) groups is 2. The Morgan fingerprint density at radius 1 is 1.17 bits per heavy atom. The van der Waals surface area contributed by atoms with E-state index in [0.29, 0.717) is 22.7 Å². The van der Waals surface area contributed by atoms with Crippen molar-refractivity contribution in [3.63, 3.8) is 0 Å². The number of pyridine rings is 1. The SMILES string of the molecule is NC(=O)c1ccccc1OC1CC2(CC(NC(=O)c3cnc4cc(OCCC(F)(F)F)ccn34)C2)C1. The molecule has 2 aliphatic carbocycles. The highest BCUT2D eigenvalue weighted by Gasteiger charge is 2.54. The van der Waals surface area contributed by atoms with E-state index in [4.69, 9.17) is 15.2 Å². The molecule has 0 radical (unpaired) electrons. The molecule has 0 aliphatic heterocycles. The largest absolute Gasteiger partial charge is 0.493 e. The molecule has 36 heavy (non-hydrogen) atoms. The normalized spacial score (nSPS) is 23.1. The van der Waals surface area contributed by atoms with E-state index < -0.39 is 25.1 Å². The van der Waals surface area contributed by atoms with Crippen LogP contribution in [0.1, 0.15) is 53.0 Å². The number of carbonyl (C=O) groups excluding carboxylic acids is 2. The van der Waals surface area contributed by atoms with Gasteiger partial charge in [-0.25, -0.2) is 4.98 Å². The number of para-hydroxylation sites is 1. The summed E-state index contributed by atoms with van der Waals surface area (Å²) in [5.41, 5.74) is 6.66. The van der Waals surface area contributed by atoms with E-state index in [-0.39, 0.29) is 29.2 Å². The van der Waals surface area contributed by atoms with Gasteiger partial charge in [0.15, 0.2) is 0 Å². The van der Waals surface area contributed by atoms with E-state index in [1.165, 1.54) is 18.3 Å². The van der Waals surface area contributed by atoms with E-state index in [1.807, 2.05) is 0 Å². The highest BCUT2D eigenvalue weighted by Crippen LogP contribution is 2.57. The number of rotatable bonds is 8. The van der Waals surface area contributed by atoms with E-state index in [9.17, 15) is 22.8 Å². The molecule has 3 aromatic rings. The fraction of sp³-hybridized carbons (Fsp3) is 0.400. The number of aromatic nitrogens is 2. The van der Waals surface area contributed by atoms with Gasteiger partial charge in [0.1, 0.15) is 22.8 Å². The summed E-state index contributed by atoms with van der Waals surface area (Å²) in [7, 11) is 0. The Labute approximate surface area is 204 Å². The van der Waals surface area contributed by atoms with Crippen molar-refractivity contribution in [3.05, 3.63) is 60.0 Å². The molecule has 0 atom stereocenters. The van der Waals surface area contributed by atoms with Crippen LogP contribution < -0.4 is 20.5 Å². The average molecular weight is 502 g/mol. The van der Waals surface area contributed by atoms with Gasteiger partial charge in [-0.1, -0.05) is 12.1 Å². The zero-order chi connectivity index (χ0) is 25.5. The third-order valence-corrected chi connectivity index (χ3v) is 6.83. The van der Waals surface area contributed by atoms with Crippen LogP contribution in [-0.4, -0.2) is 46.1 Å². The molecule has 11 heteroatoms. The van der Waals surface area contributed by atoms with Crippen molar-refractivity contribution in [2.75, 3.05) is 6.61 Å². The first-order valence-corrected chi connectivity index (χ1v) is 11.6. The molecule has 1 spiro atoms. The highest BCUT2D eigenvalue weighted by atomic mass is 19.4. The Morgan fingerprint density at radius 3 is 2.64 bits per heavy atom. The van der Waals surface area contributed by atoms with Crippen LogP contribution in [0.3, 0.4) is 0 Å². The molecule has 5 rings (SSSR count). The number of benzene rings is 1. The van der Waals surface area contributed by atoms with Crippen LogP contribution in [0.2, 0.25) is 0 Å². The number of ether oxygens (including phenoxy) is 2. The monoisotopic (exact) mass is 502 g/mol. The van der Waals surface area contributed by atoms with E-state index in [0.717, 1.165) is 25.7 Å². The fourth-order valence-corrected chi connectivity index (χ4v) is 5.13. The number of amides is 2. The van der Waals surface area contributed by atoms with Gasteiger partial charge in [0.2, 0.25) is 0 Å². The Balaban J connectivity index is 1.11. The lowest BCUT2D eigenvalue weighted by Crippen LogP contribution is -2.58. The van der Waals surface area contributed by atoms with Crippen LogP contribution >= 0.6 is 0 Å². The molecule has 0 saturated heterocycles. The van der Waals surface area contributed by atoms with E-state index in [1.54, 1.807) is 34.9 Å². The standard InChI is InChI=1S/C25H25F3N4O4/c26-25(27,28)6-8-35-16-5-7-32-19(14-30-21(32)9-16)23(34)31-15-10-24(11-15)12-17(13-24)36-20-4-2-1-3-18(20)22(29)33/h1-5,7,9,14-15,17H,6,8,10-13H2,(H2,29,33)(H,31,34). The topological polar surface area (TPSA) is 108 Å². The van der Waals surface area contributed by atoms with Crippen LogP contribution in [0.4, 0.5) is 13.2 Å². The van der Waals surface area contributed by atoms with Crippen molar-refractivity contribution in [3.8, 4) is 11.5 Å². The lowest BCUT2D eigenvalue weighted by Gasteiger charge is -2.57. The van der Waals surface area contributed by atoms with Crippen LogP contribution in [-0.2, 0) is 0 Å². The van der Waals surface area contributed by atoms with Crippen molar-refractivity contribution >= 4 is 17.5 Å². The van der Waals surface area contributed by atoms with Gasteiger partial charge >= 0.3 is 6.18 Å². The van der Waals surface area contributed by atoms with Crippen molar-refractivity contribution < 1.29 is 32.2 Å². The number of nitrogens with zero attached hydrogens (tertiary/aromatic N) is 2. The predicted molar refractivity (Wildman–Crippen MR) is 123 cm³/mol. The van der Waals surface area contributed by atoms with Gasteiger partial charge in [-0.3, -0.25) is 14.0 Å². The number of hydrogen-bond donors (Lipinski definition) is 2. The van der Waals surface area contributed by atoms with Crippen molar-refractivity contribution in [1.29, 1.82) is 0 Å². The minimum Gasteiger partial charge on any atom is -0.493 e. The molecule has 0 unspecified atom stereocenters. The number of imidazole rings is 1. The molecule has 2 heterocycles. The fourth-order valence-electron chi connectivity index (χ4n) is 5.13. The Bertz CT molecular complexity index is 1290. The zero-order valence-corrected chi connectivity index (χ0v) is 19.3. The minimum atomic E-state index is -4.29. The molecule has 2 aliphatic rings. The summed E-state index contributed by atoms with van der Waals surface area (Å²) in [5, 5.41) is 3.03. The van der Waals surface area contributed by atoms with Gasteiger partial charge in [-0.05, 0) is 49.3 Å². The molecule has 2 aromatic heterocycles. The van der Waals surface area contributed by atoms with E-state index in [2.05, 4.69) is 10.3 Å². The third-order valence-electron chi connectivity index (χ3n) is 6.83. The lowest BCUT2D eigenvalue weighted by atomic mass is 9.53. The van der Waals surface area contributed by atoms with Crippen molar-refractivity contribution in [2.45, 2.75) is 50.4 Å². The first-order valence-electron chi connectivity index (χ1n) is 11.6. The van der Waals surface area contributed by atoms with Gasteiger partial charge in [0.05, 0.1) is 30.9 Å². The second kappa shape index (κ2) is 9.03. The maximum Gasteiger partial charge on any atom is 0.392 e. The predicted octanol–water partition coefficient (Wildman–Crippen LogP) is 3.88. The van der Waals surface area contributed by atoms with E-state index >= 15 is 0 Å². The van der Waals surface area contributed by atoms with Gasteiger partial charge in [-0.15, -0.1) is 0 Å². The Morgan fingerprint density at radius 2 is 1.92 bits per heavy atom. The smallest absolute Gasteiger partial charge is 0.392 e. The second-order valence-corrected chi connectivity index (χ2v) is 9.53. The summed E-state index contributed by atoms with van der Waals surface area (Å²) in [4.78, 5) is 28.6. The molecule has 1 aromatic carbocycles. The molecule has 8 nitrogen and oxygen atoms in total. The Kier molecular flexibility index (Phi) is 6.01. The molecule has 2 saturated carbocycles. The summed E-state index contributed by atoms with van der Waals surface area (Å²) in [6, 6.07) is 9.95. The molecule has 0 bridgehead atoms. The average Bonchev–Trinajstić information content (AvgIpc) is 3.19. The lowest BCUT2D eigenvalue weighted by molar-refractivity contribution is -0.139. The summed E-state index contributed by atoms with van der Waals surface area (Å²) in [6.45, 7) is -0.485. The zero-order valence-electron chi connectivity index (χ0n) is 19.3. The van der Waals surface area contributed by atoms with Gasteiger partial charge in [0.25, 0.3) is 11.8 Å². The first kappa shape index (κ1) is 24.0. The molecule has 190 valence electrons. The second-order valence-electron chi connectivity index (χ2n) is 9.53. The number of hydrogen-bond acceptors (Lipinski definition) is 5. The molecule has 2 amide bonds. The quantitative estimate of drug-likeness (QED) is 0.486. The van der Waals surface area contributed by atoms with Crippen LogP contribution in [0, 0.1) is 5.41 Å². The number of alkyl halides is 3. The van der Waals surface area contributed by atoms with Crippen LogP contribution in [0.25, 0.3) is 5.65 Å². The number of fused-ring (bicyclic) bond motifs is 1. The number of nitrogens with one attached hydrogen (secondary N) is 1. The number of primary amides is 1. The summed E-state index contributed by atoms with van der Waals surface area (Å²) in [6.07, 6.45) is 1.03. The maximum absolute atomic E-state index is 12.8. The van der Waals surface area contributed by atoms with Gasteiger partial charge in [0, 0.05) is 18.3 Å². The summed E-state index contributed by atoms with van der Waals surface area (Å²) >= 11 is 0. The van der Waals surface area contributed by atoms with Crippen molar-refractivity contribution in [1.82, 2.24) is 14.7 Å². The Hall–Kier alpha value is -3.76. The number of nitrogens with two attached hydrogens (primary N) is 1. The van der Waals surface area contributed by atoms with Gasteiger partial charge in [-0.2, -0.15) is 13.2 Å². The summed E-state index contributed by atoms with van der Waals surface area (Å²) < 4.78 is 49.6. The molecule has 2 fully saturated rings. The highest BCUT2D eigenvalue weighted by molar-refractivity contribution is 5.95. The van der Waals surface area contributed by atoms with Gasteiger partial charge < -0.3 is 20.5 Å². The first-order chi connectivity index (χ1) is 17.1.